The molecule has 0 unspecified atom stereocenters. The molecule has 0 spiro atoms. The Hall–Kier alpha value is -1.00. The maximum Gasteiger partial charge on any atom is 0.303 e. The zero-order valence-electron chi connectivity index (χ0n) is 13.6. The minimum Gasteiger partial charge on any atom is -0.481 e. The molecule has 1 atom stereocenters. The fourth-order valence-electron chi connectivity index (χ4n) is 1.79. The number of allylic oxidation sites excluding steroid dienone is 3. The molecule has 0 aromatic heterocycles. The fraction of sp³-hybridized carbons (Fsp3) is 0.611. The molecule has 0 fully saturated rings. The average molecular weight is 327 g/mol. The van der Waals surface area contributed by atoms with E-state index >= 15 is 0 Å². The molecule has 0 aliphatic heterocycles. The topological polar surface area (TPSA) is 57.5 Å². The highest BCUT2D eigenvalue weighted by atomic mass is 32.2. The summed E-state index contributed by atoms with van der Waals surface area (Å²) in [6.45, 7) is 2.16. The maximum atomic E-state index is 10.3. The molecule has 0 aromatic rings. The fourth-order valence-corrected chi connectivity index (χ4v) is 2.44. The lowest BCUT2D eigenvalue weighted by Crippen LogP contribution is -2.00. The summed E-state index contributed by atoms with van der Waals surface area (Å²) in [6, 6.07) is 0. The number of aliphatic hydroxyl groups excluding tert-OH is 1. The van der Waals surface area contributed by atoms with E-state index in [4.69, 9.17) is 5.11 Å². The second-order valence-electron chi connectivity index (χ2n) is 5.17. The standard InChI is InChI=1S/C18H30O3S/c1-2-3-7-12-17(19)13-8-6-11-16-22-15-10-5-4-9-14-18(20)21/h5-6,8,10-11,13,17,19H,2-4,7,9,12,14-16H2,1H3,(H,20,21)/t17-/m0/s1. The molecule has 0 saturated carbocycles. The van der Waals surface area contributed by atoms with E-state index in [1.54, 1.807) is 11.8 Å². The molecule has 3 nitrogen and oxygen atoms in total. The highest BCUT2D eigenvalue weighted by molar-refractivity contribution is 7.99. The smallest absolute Gasteiger partial charge is 0.303 e. The van der Waals surface area contributed by atoms with Gasteiger partial charge in [-0.25, -0.2) is 0 Å². The van der Waals surface area contributed by atoms with E-state index in [0.29, 0.717) is 6.42 Å². The van der Waals surface area contributed by atoms with Crippen LogP contribution in [0.25, 0.3) is 0 Å². The molecule has 22 heavy (non-hydrogen) atoms. The van der Waals surface area contributed by atoms with Gasteiger partial charge in [0.1, 0.15) is 0 Å². The highest BCUT2D eigenvalue weighted by Gasteiger charge is 1.96. The number of unbranched alkanes of at least 4 members (excludes halogenated alkanes) is 3. The van der Waals surface area contributed by atoms with E-state index in [1.165, 1.54) is 12.8 Å². The third-order valence-electron chi connectivity index (χ3n) is 3.04. The van der Waals surface area contributed by atoms with E-state index in [2.05, 4.69) is 19.1 Å². The summed E-state index contributed by atoms with van der Waals surface area (Å²) in [7, 11) is 0. The van der Waals surface area contributed by atoms with Crippen molar-refractivity contribution in [2.24, 2.45) is 0 Å². The average Bonchev–Trinajstić information content (AvgIpc) is 2.48. The minimum atomic E-state index is -0.726. The van der Waals surface area contributed by atoms with Gasteiger partial charge in [0.15, 0.2) is 0 Å². The molecule has 0 radical (unpaired) electrons. The van der Waals surface area contributed by atoms with Crippen molar-refractivity contribution in [1.29, 1.82) is 0 Å². The van der Waals surface area contributed by atoms with Gasteiger partial charge in [0.2, 0.25) is 0 Å². The first-order valence-electron chi connectivity index (χ1n) is 8.12. The Kier molecular flexibility index (Phi) is 15.6. The monoisotopic (exact) mass is 326 g/mol. The molecule has 0 bridgehead atoms. The zero-order chi connectivity index (χ0) is 16.5. The van der Waals surface area contributed by atoms with Crippen molar-refractivity contribution in [1.82, 2.24) is 0 Å². The third-order valence-corrected chi connectivity index (χ3v) is 3.90. The largest absolute Gasteiger partial charge is 0.481 e. The van der Waals surface area contributed by atoms with Crippen molar-refractivity contribution in [3.63, 3.8) is 0 Å². The number of rotatable bonds is 14. The molecule has 126 valence electrons. The van der Waals surface area contributed by atoms with Gasteiger partial charge < -0.3 is 10.2 Å². The lowest BCUT2D eigenvalue weighted by molar-refractivity contribution is -0.137. The zero-order valence-corrected chi connectivity index (χ0v) is 14.4. The van der Waals surface area contributed by atoms with Gasteiger partial charge in [-0.1, -0.05) is 62.6 Å². The van der Waals surface area contributed by atoms with Gasteiger partial charge in [-0.2, -0.15) is 11.8 Å². The number of hydrogen-bond donors (Lipinski definition) is 2. The predicted octanol–water partition coefficient (Wildman–Crippen LogP) is 4.58. The first-order chi connectivity index (χ1) is 10.7. The van der Waals surface area contributed by atoms with E-state index in [1.807, 2.05) is 24.3 Å². The van der Waals surface area contributed by atoms with E-state index < -0.39 is 5.97 Å². The lowest BCUT2D eigenvalue weighted by Gasteiger charge is -2.02. The second-order valence-corrected chi connectivity index (χ2v) is 6.25. The molecule has 0 aromatic carbocycles. The molecule has 0 saturated heterocycles. The number of thioether (sulfide) groups is 1. The van der Waals surface area contributed by atoms with Gasteiger partial charge in [-0.3, -0.25) is 4.79 Å². The first-order valence-corrected chi connectivity index (χ1v) is 9.28. The Morgan fingerprint density at radius 1 is 1.09 bits per heavy atom. The van der Waals surface area contributed by atoms with Crippen LogP contribution in [0.3, 0.4) is 0 Å². The van der Waals surface area contributed by atoms with Crippen molar-refractivity contribution in [3.8, 4) is 0 Å². The lowest BCUT2D eigenvalue weighted by atomic mass is 10.1. The SMILES string of the molecule is CCCCC[C@H](O)C=CC=CCSCC=CCCCC(=O)O. The normalized spacial score (nSPS) is 13.5. The van der Waals surface area contributed by atoms with Gasteiger partial charge in [0.25, 0.3) is 0 Å². The van der Waals surface area contributed by atoms with Crippen LogP contribution in [0.15, 0.2) is 36.5 Å². The Balaban J connectivity index is 3.46. The van der Waals surface area contributed by atoms with Gasteiger partial charge >= 0.3 is 5.97 Å². The molecule has 0 aliphatic rings. The van der Waals surface area contributed by atoms with Crippen molar-refractivity contribution < 1.29 is 15.0 Å². The first kappa shape index (κ1) is 21.0. The Labute approximate surface area is 139 Å². The molecule has 0 aliphatic carbocycles. The minimum absolute atomic E-state index is 0.247. The quantitative estimate of drug-likeness (QED) is 0.278. The van der Waals surface area contributed by atoms with Crippen molar-refractivity contribution in [2.75, 3.05) is 11.5 Å². The van der Waals surface area contributed by atoms with E-state index in [0.717, 1.165) is 30.8 Å². The molecule has 4 heteroatoms. The van der Waals surface area contributed by atoms with Gasteiger partial charge in [-0.15, -0.1) is 0 Å². The molecular weight excluding hydrogens is 296 g/mol. The summed E-state index contributed by atoms with van der Waals surface area (Å²) in [5, 5.41) is 18.2. The number of carboxylic acids is 1. The second kappa shape index (κ2) is 16.4. The van der Waals surface area contributed by atoms with Crippen LogP contribution in [-0.4, -0.2) is 33.8 Å². The summed E-state index contributed by atoms with van der Waals surface area (Å²) >= 11 is 1.81. The van der Waals surface area contributed by atoms with Crippen LogP contribution in [0.4, 0.5) is 0 Å². The summed E-state index contributed by atoms with van der Waals surface area (Å²) in [5.74, 6) is 1.16. The third kappa shape index (κ3) is 17.1. The van der Waals surface area contributed by atoms with Crippen LogP contribution < -0.4 is 0 Å². The van der Waals surface area contributed by atoms with Crippen LogP contribution in [0.2, 0.25) is 0 Å². The highest BCUT2D eigenvalue weighted by Crippen LogP contribution is 2.05. The summed E-state index contributed by atoms with van der Waals surface area (Å²) in [4.78, 5) is 10.3. The molecule has 0 heterocycles. The van der Waals surface area contributed by atoms with Gasteiger partial charge in [0, 0.05) is 17.9 Å². The number of aliphatic carboxylic acids is 1. The van der Waals surface area contributed by atoms with Crippen molar-refractivity contribution >= 4 is 17.7 Å². The van der Waals surface area contributed by atoms with Crippen molar-refractivity contribution in [2.45, 2.75) is 58.0 Å². The van der Waals surface area contributed by atoms with Crippen LogP contribution in [0, 0.1) is 0 Å². The van der Waals surface area contributed by atoms with Crippen LogP contribution in [0.1, 0.15) is 51.9 Å². The summed E-state index contributed by atoms with van der Waals surface area (Å²) in [6.07, 6.45) is 17.7. The van der Waals surface area contributed by atoms with Gasteiger partial charge in [-0.05, 0) is 19.3 Å². The molecule has 2 N–H and O–H groups in total. The summed E-state index contributed by atoms with van der Waals surface area (Å²) < 4.78 is 0. The van der Waals surface area contributed by atoms with Crippen LogP contribution >= 0.6 is 11.8 Å². The van der Waals surface area contributed by atoms with E-state index in [9.17, 15) is 9.90 Å². The van der Waals surface area contributed by atoms with Crippen molar-refractivity contribution in [3.05, 3.63) is 36.5 Å². The molecular formula is C18H30O3S. The molecule has 0 amide bonds. The number of hydrogen-bond acceptors (Lipinski definition) is 3. The predicted molar refractivity (Wildman–Crippen MR) is 96.4 cm³/mol. The Morgan fingerprint density at radius 2 is 1.86 bits per heavy atom. The van der Waals surface area contributed by atoms with Crippen LogP contribution in [0.5, 0.6) is 0 Å². The Morgan fingerprint density at radius 3 is 2.59 bits per heavy atom. The number of carbonyl (C=O) groups is 1. The number of carboxylic acid groups (broad SMARTS) is 1. The van der Waals surface area contributed by atoms with Gasteiger partial charge in [0.05, 0.1) is 6.10 Å². The maximum absolute atomic E-state index is 10.3. The summed E-state index contributed by atoms with van der Waals surface area (Å²) in [5.41, 5.74) is 0. The van der Waals surface area contributed by atoms with Crippen LogP contribution in [-0.2, 0) is 4.79 Å². The molecule has 0 rings (SSSR count). The van der Waals surface area contributed by atoms with E-state index in [-0.39, 0.29) is 12.5 Å². The number of aliphatic hydroxyl groups is 1. The Bertz CT molecular complexity index is 348.